The van der Waals surface area contributed by atoms with Crippen LogP contribution in [-0.4, -0.2) is 29.6 Å². The normalized spacial score (nSPS) is 28.4. The first kappa shape index (κ1) is 13.4. The van der Waals surface area contributed by atoms with Gasteiger partial charge in [-0.25, -0.2) is 0 Å². The van der Waals surface area contributed by atoms with Crippen LogP contribution in [0.25, 0.3) is 0 Å². The molecule has 0 radical (unpaired) electrons. The number of hydrogen-bond donors (Lipinski definition) is 1. The summed E-state index contributed by atoms with van der Waals surface area (Å²) in [5.74, 6) is 0. The summed E-state index contributed by atoms with van der Waals surface area (Å²) in [5, 5.41) is 14.9. The number of piperidine rings is 1. The maximum absolute atomic E-state index is 11.2. The van der Waals surface area contributed by atoms with Crippen molar-refractivity contribution in [1.82, 2.24) is 5.32 Å². The van der Waals surface area contributed by atoms with Gasteiger partial charge in [-0.15, -0.1) is 0 Å². The van der Waals surface area contributed by atoms with E-state index in [1.54, 1.807) is 12.1 Å². The highest BCUT2D eigenvalue weighted by molar-refractivity contribution is 5.63. The van der Waals surface area contributed by atoms with Crippen molar-refractivity contribution in [2.45, 2.75) is 50.7 Å². The lowest BCUT2D eigenvalue weighted by atomic mass is 9.97. The van der Waals surface area contributed by atoms with Crippen molar-refractivity contribution in [1.29, 1.82) is 0 Å². The second-order valence-corrected chi connectivity index (χ2v) is 5.79. The SMILES string of the molecule is CCN(c1ccccc1[N+](=O)[O-])C1CC2CCC(C1)N2. The minimum Gasteiger partial charge on any atom is -0.363 e. The lowest BCUT2D eigenvalue weighted by Gasteiger charge is -2.38. The van der Waals surface area contributed by atoms with Crippen molar-refractivity contribution in [3.8, 4) is 0 Å². The molecule has 1 aromatic carbocycles. The van der Waals surface area contributed by atoms with Gasteiger partial charge in [0.25, 0.3) is 5.69 Å². The summed E-state index contributed by atoms with van der Waals surface area (Å²) in [7, 11) is 0. The molecule has 2 heterocycles. The Hall–Kier alpha value is -1.62. The first-order chi connectivity index (χ1) is 9.69. The van der Waals surface area contributed by atoms with E-state index in [2.05, 4.69) is 17.1 Å². The zero-order valence-electron chi connectivity index (χ0n) is 11.8. The summed E-state index contributed by atoms with van der Waals surface area (Å²) in [4.78, 5) is 13.2. The van der Waals surface area contributed by atoms with E-state index in [1.165, 1.54) is 12.8 Å². The molecule has 0 spiro atoms. The lowest BCUT2D eigenvalue weighted by Crippen LogP contribution is -2.48. The second-order valence-electron chi connectivity index (χ2n) is 5.79. The molecule has 2 aliphatic heterocycles. The van der Waals surface area contributed by atoms with Crippen LogP contribution in [0.2, 0.25) is 0 Å². The minimum absolute atomic E-state index is 0.222. The largest absolute Gasteiger partial charge is 0.363 e. The Bertz CT molecular complexity index is 494. The van der Waals surface area contributed by atoms with Crippen molar-refractivity contribution in [3.63, 3.8) is 0 Å². The second kappa shape index (κ2) is 5.40. The fraction of sp³-hybridized carbons (Fsp3) is 0.600. The van der Waals surface area contributed by atoms with Crippen molar-refractivity contribution >= 4 is 11.4 Å². The van der Waals surface area contributed by atoms with Crippen LogP contribution in [0.5, 0.6) is 0 Å². The number of fused-ring (bicyclic) bond motifs is 2. The predicted octanol–water partition coefficient (Wildman–Crippen LogP) is 2.70. The lowest BCUT2D eigenvalue weighted by molar-refractivity contribution is -0.384. The van der Waals surface area contributed by atoms with Crippen LogP contribution >= 0.6 is 0 Å². The Morgan fingerprint density at radius 1 is 1.30 bits per heavy atom. The monoisotopic (exact) mass is 275 g/mol. The average Bonchev–Trinajstić information content (AvgIpc) is 2.79. The minimum atomic E-state index is -0.270. The molecule has 108 valence electrons. The van der Waals surface area contributed by atoms with E-state index in [1.807, 2.05) is 12.1 Å². The molecule has 1 aromatic rings. The molecule has 5 heteroatoms. The van der Waals surface area contributed by atoms with Crippen molar-refractivity contribution in [3.05, 3.63) is 34.4 Å². The van der Waals surface area contributed by atoms with E-state index in [0.717, 1.165) is 25.1 Å². The van der Waals surface area contributed by atoms with Gasteiger partial charge in [0.05, 0.1) is 4.92 Å². The molecule has 0 saturated carbocycles. The van der Waals surface area contributed by atoms with Crippen LogP contribution in [0.4, 0.5) is 11.4 Å². The summed E-state index contributed by atoms with van der Waals surface area (Å²) in [6.45, 7) is 2.90. The summed E-state index contributed by atoms with van der Waals surface area (Å²) in [6.07, 6.45) is 4.68. The molecule has 0 amide bonds. The number of benzene rings is 1. The molecular weight excluding hydrogens is 254 g/mol. The molecule has 2 unspecified atom stereocenters. The topological polar surface area (TPSA) is 58.4 Å². The average molecular weight is 275 g/mol. The van der Waals surface area contributed by atoms with Crippen molar-refractivity contribution in [2.24, 2.45) is 0 Å². The van der Waals surface area contributed by atoms with Gasteiger partial charge in [0.15, 0.2) is 0 Å². The first-order valence-electron chi connectivity index (χ1n) is 7.45. The third-order valence-corrected chi connectivity index (χ3v) is 4.62. The van der Waals surface area contributed by atoms with Crippen LogP contribution in [0.3, 0.4) is 0 Å². The van der Waals surface area contributed by atoms with Gasteiger partial charge in [-0.2, -0.15) is 0 Å². The van der Waals surface area contributed by atoms with Crippen LogP contribution in [0, 0.1) is 10.1 Å². The zero-order valence-corrected chi connectivity index (χ0v) is 11.8. The summed E-state index contributed by atoms with van der Waals surface area (Å²) < 4.78 is 0. The first-order valence-corrected chi connectivity index (χ1v) is 7.45. The van der Waals surface area contributed by atoms with Crippen LogP contribution in [-0.2, 0) is 0 Å². The number of nitrogens with one attached hydrogen (secondary N) is 1. The predicted molar refractivity (Wildman–Crippen MR) is 79.1 cm³/mol. The van der Waals surface area contributed by atoms with E-state index in [-0.39, 0.29) is 10.6 Å². The van der Waals surface area contributed by atoms with E-state index in [9.17, 15) is 10.1 Å². The number of hydrogen-bond acceptors (Lipinski definition) is 4. The molecule has 2 fully saturated rings. The third-order valence-electron chi connectivity index (χ3n) is 4.62. The number of rotatable bonds is 4. The summed E-state index contributed by atoms with van der Waals surface area (Å²) in [6, 6.07) is 8.72. The summed E-state index contributed by atoms with van der Waals surface area (Å²) >= 11 is 0. The number of nitrogens with zero attached hydrogens (tertiary/aromatic N) is 2. The Morgan fingerprint density at radius 3 is 2.55 bits per heavy atom. The molecule has 0 aromatic heterocycles. The number of nitro benzene ring substituents is 1. The summed E-state index contributed by atoms with van der Waals surface area (Å²) in [5.41, 5.74) is 0.992. The highest BCUT2D eigenvalue weighted by Crippen LogP contribution is 2.35. The quantitative estimate of drug-likeness (QED) is 0.678. The highest BCUT2D eigenvalue weighted by atomic mass is 16.6. The Kier molecular flexibility index (Phi) is 3.61. The molecule has 3 rings (SSSR count). The van der Waals surface area contributed by atoms with Gasteiger partial charge in [0.2, 0.25) is 0 Å². The standard InChI is InChI=1S/C15H21N3O2/c1-2-17(13-9-11-7-8-12(10-13)16-11)14-5-3-4-6-15(14)18(19)20/h3-6,11-13,16H,2,7-10H2,1H3. The van der Waals surface area contributed by atoms with Gasteiger partial charge < -0.3 is 10.2 Å². The zero-order chi connectivity index (χ0) is 14.1. The third kappa shape index (κ3) is 2.38. The molecule has 2 aliphatic rings. The maximum Gasteiger partial charge on any atom is 0.292 e. The fourth-order valence-corrected chi connectivity index (χ4v) is 3.77. The Balaban J connectivity index is 1.88. The van der Waals surface area contributed by atoms with Crippen LogP contribution in [0.15, 0.2) is 24.3 Å². The van der Waals surface area contributed by atoms with Crippen molar-refractivity contribution < 1.29 is 4.92 Å². The molecule has 0 aliphatic carbocycles. The molecule has 5 nitrogen and oxygen atoms in total. The highest BCUT2D eigenvalue weighted by Gasteiger charge is 2.37. The maximum atomic E-state index is 11.2. The number of nitro groups is 1. The van der Waals surface area contributed by atoms with Crippen LogP contribution < -0.4 is 10.2 Å². The van der Waals surface area contributed by atoms with E-state index in [0.29, 0.717) is 18.1 Å². The Morgan fingerprint density at radius 2 is 1.95 bits per heavy atom. The van der Waals surface area contributed by atoms with Gasteiger partial charge in [0, 0.05) is 30.7 Å². The molecular formula is C15H21N3O2. The molecule has 2 bridgehead atoms. The molecule has 1 N–H and O–H groups in total. The van der Waals surface area contributed by atoms with Gasteiger partial charge in [-0.1, -0.05) is 12.1 Å². The van der Waals surface area contributed by atoms with Gasteiger partial charge in [-0.3, -0.25) is 10.1 Å². The van der Waals surface area contributed by atoms with E-state index in [4.69, 9.17) is 0 Å². The molecule has 2 saturated heterocycles. The van der Waals surface area contributed by atoms with Gasteiger partial charge in [-0.05, 0) is 38.7 Å². The number of anilines is 1. The van der Waals surface area contributed by atoms with Gasteiger partial charge in [0.1, 0.15) is 5.69 Å². The van der Waals surface area contributed by atoms with Crippen LogP contribution in [0.1, 0.15) is 32.6 Å². The van der Waals surface area contributed by atoms with E-state index < -0.39 is 0 Å². The Labute approximate surface area is 119 Å². The molecule has 20 heavy (non-hydrogen) atoms. The number of para-hydroxylation sites is 2. The smallest absolute Gasteiger partial charge is 0.292 e. The van der Waals surface area contributed by atoms with Crippen molar-refractivity contribution in [2.75, 3.05) is 11.4 Å². The van der Waals surface area contributed by atoms with E-state index >= 15 is 0 Å². The fourth-order valence-electron chi connectivity index (χ4n) is 3.77. The van der Waals surface area contributed by atoms with Gasteiger partial charge >= 0.3 is 0 Å². The molecule has 2 atom stereocenters.